The summed E-state index contributed by atoms with van der Waals surface area (Å²) in [6, 6.07) is 18.2. The summed E-state index contributed by atoms with van der Waals surface area (Å²) in [5, 5.41) is 6.11. The molecule has 0 radical (unpaired) electrons. The molecule has 2 aromatic carbocycles. The van der Waals surface area contributed by atoms with Crippen molar-refractivity contribution >= 4 is 11.6 Å². The van der Waals surface area contributed by atoms with Gasteiger partial charge >= 0.3 is 0 Å². The van der Waals surface area contributed by atoms with Crippen LogP contribution >= 0.6 is 0 Å². The Hall–Kier alpha value is -2.55. The van der Waals surface area contributed by atoms with E-state index in [0.717, 1.165) is 11.3 Å². The molecule has 0 saturated heterocycles. The van der Waals surface area contributed by atoms with Gasteiger partial charge in [0.15, 0.2) is 0 Å². The van der Waals surface area contributed by atoms with Crippen molar-refractivity contribution in [2.24, 2.45) is 11.3 Å². The van der Waals surface area contributed by atoms with E-state index in [2.05, 4.69) is 43.2 Å². The summed E-state index contributed by atoms with van der Waals surface area (Å²) in [5.41, 5.74) is 3.26. The molecule has 2 atom stereocenters. The van der Waals surface area contributed by atoms with E-state index in [9.17, 15) is 4.79 Å². The molecule has 2 aromatic rings. The third-order valence-electron chi connectivity index (χ3n) is 4.97. The summed E-state index contributed by atoms with van der Waals surface area (Å²) in [4.78, 5) is 12.7. The highest BCUT2D eigenvalue weighted by Crippen LogP contribution is 2.64. The van der Waals surface area contributed by atoms with Crippen LogP contribution in [0.5, 0.6) is 0 Å². The van der Waals surface area contributed by atoms with Gasteiger partial charge in [-0.2, -0.15) is 0 Å². The van der Waals surface area contributed by atoms with Crippen LogP contribution in [0, 0.1) is 18.3 Å². The molecule has 0 spiro atoms. The third kappa shape index (κ3) is 3.07. The fourth-order valence-corrected chi connectivity index (χ4v) is 3.54. The van der Waals surface area contributed by atoms with Gasteiger partial charge in [0.2, 0.25) is 5.91 Å². The zero-order chi connectivity index (χ0) is 17.3. The number of aryl methyl sites for hydroxylation is 1. The first-order chi connectivity index (χ1) is 11.4. The Bertz CT molecular complexity index is 764. The molecule has 3 rings (SSSR count). The first-order valence-corrected chi connectivity index (χ1v) is 8.28. The van der Waals surface area contributed by atoms with E-state index >= 15 is 0 Å². The molecule has 3 nitrogen and oxygen atoms in total. The molecule has 3 heteroatoms. The van der Waals surface area contributed by atoms with Crippen LogP contribution in [-0.4, -0.2) is 5.91 Å². The van der Waals surface area contributed by atoms with Crippen LogP contribution in [0.25, 0.3) is 0 Å². The van der Waals surface area contributed by atoms with Crippen LogP contribution in [0.4, 0.5) is 5.69 Å². The SMILES string of the molecule is C=C(NC(=O)C1C(c2ccccc2)C1(C)C)Nc1ccccc1C. The van der Waals surface area contributed by atoms with Crippen LogP contribution in [0.3, 0.4) is 0 Å². The second-order valence-corrected chi connectivity index (χ2v) is 7.10. The van der Waals surface area contributed by atoms with Crippen molar-refractivity contribution in [1.29, 1.82) is 0 Å². The van der Waals surface area contributed by atoms with E-state index in [1.54, 1.807) is 0 Å². The van der Waals surface area contributed by atoms with Gasteiger partial charge in [0.1, 0.15) is 5.82 Å². The topological polar surface area (TPSA) is 41.1 Å². The van der Waals surface area contributed by atoms with Crippen molar-refractivity contribution in [3.63, 3.8) is 0 Å². The fraction of sp³-hybridized carbons (Fsp3) is 0.286. The summed E-state index contributed by atoms with van der Waals surface area (Å²) in [7, 11) is 0. The molecular formula is C21H24N2O. The van der Waals surface area contributed by atoms with Gasteiger partial charge in [0, 0.05) is 11.6 Å². The van der Waals surface area contributed by atoms with E-state index in [4.69, 9.17) is 0 Å². The predicted octanol–water partition coefficient (Wildman–Crippen LogP) is 4.43. The number of para-hydroxylation sites is 1. The van der Waals surface area contributed by atoms with Gasteiger partial charge in [-0.1, -0.05) is 69.0 Å². The van der Waals surface area contributed by atoms with Crippen LogP contribution in [0.2, 0.25) is 0 Å². The molecule has 0 heterocycles. The number of rotatable bonds is 5. The van der Waals surface area contributed by atoms with E-state index in [-0.39, 0.29) is 23.2 Å². The normalized spacial score (nSPS) is 21.0. The second-order valence-electron chi connectivity index (χ2n) is 7.10. The largest absolute Gasteiger partial charge is 0.342 e. The van der Waals surface area contributed by atoms with Crippen molar-refractivity contribution in [2.75, 3.05) is 5.32 Å². The van der Waals surface area contributed by atoms with Crippen LogP contribution in [0.1, 0.15) is 30.9 Å². The zero-order valence-corrected chi connectivity index (χ0v) is 14.5. The Morgan fingerprint density at radius 3 is 2.33 bits per heavy atom. The van der Waals surface area contributed by atoms with Gasteiger partial charge in [0.25, 0.3) is 0 Å². The van der Waals surface area contributed by atoms with Gasteiger partial charge < -0.3 is 10.6 Å². The molecule has 0 aromatic heterocycles. The molecule has 0 aliphatic heterocycles. The lowest BCUT2D eigenvalue weighted by atomic mass is 10.0. The average molecular weight is 320 g/mol. The van der Waals surface area contributed by atoms with Crippen LogP contribution in [0.15, 0.2) is 67.0 Å². The highest BCUT2D eigenvalue weighted by Gasteiger charge is 2.62. The van der Waals surface area contributed by atoms with Gasteiger partial charge in [-0.3, -0.25) is 4.79 Å². The van der Waals surface area contributed by atoms with Gasteiger partial charge in [-0.05, 0) is 29.5 Å². The Kier molecular flexibility index (Phi) is 4.18. The number of hydrogen-bond acceptors (Lipinski definition) is 2. The van der Waals surface area contributed by atoms with Crippen LogP contribution < -0.4 is 10.6 Å². The molecule has 24 heavy (non-hydrogen) atoms. The maximum atomic E-state index is 12.7. The van der Waals surface area contributed by atoms with Crippen molar-refractivity contribution in [2.45, 2.75) is 26.7 Å². The monoisotopic (exact) mass is 320 g/mol. The Morgan fingerprint density at radius 1 is 1.04 bits per heavy atom. The van der Waals surface area contributed by atoms with Gasteiger partial charge in [-0.15, -0.1) is 0 Å². The average Bonchev–Trinajstić information content (AvgIpc) is 3.13. The minimum atomic E-state index is -0.0334. The minimum Gasteiger partial charge on any atom is -0.342 e. The van der Waals surface area contributed by atoms with E-state index in [1.165, 1.54) is 5.56 Å². The molecule has 1 saturated carbocycles. The number of carbonyl (C=O) groups excluding carboxylic acids is 1. The number of amides is 1. The fourth-order valence-electron chi connectivity index (χ4n) is 3.54. The quantitative estimate of drug-likeness (QED) is 0.855. The van der Waals surface area contributed by atoms with Crippen molar-refractivity contribution in [3.05, 3.63) is 78.1 Å². The summed E-state index contributed by atoms with van der Waals surface area (Å²) >= 11 is 0. The molecular weight excluding hydrogens is 296 g/mol. The molecule has 1 fully saturated rings. The number of carbonyl (C=O) groups is 1. The van der Waals surface area contributed by atoms with Crippen molar-refractivity contribution in [1.82, 2.24) is 5.32 Å². The van der Waals surface area contributed by atoms with E-state index in [0.29, 0.717) is 5.82 Å². The molecule has 1 aliphatic rings. The summed E-state index contributed by atoms with van der Waals surface area (Å²) in [6.07, 6.45) is 0. The molecule has 2 N–H and O–H groups in total. The first-order valence-electron chi connectivity index (χ1n) is 8.28. The molecule has 2 unspecified atom stereocenters. The number of hydrogen-bond donors (Lipinski definition) is 2. The van der Waals surface area contributed by atoms with Crippen LogP contribution in [-0.2, 0) is 4.79 Å². The second kappa shape index (κ2) is 6.16. The lowest BCUT2D eigenvalue weighted by molar-refractivity contribution is -0.122. The van der Waals surface area contributed by atoms with Crippen molar-refractivity contribution < 1.29 is 4.79 Å². The summed E-state index contributed by atoms with van der Waals surface area (Å²) in [6.45, 7) is 10.3. The van der Waals surface area contributed by atoms with Crippen molar-refractivity contribution in [3.8, 4) is 0 Å². The maximum absolute atomic E-state index is 12.7. The lowest BCUT2D eigenvalue weighted by Crippen LogP contribution is -2.29. The zero-order valence-electron chi connectivity index (χ0n) is 14.5. The minimum absolute atomic E-state index is 0.0277. The summed E-state index contributed by atoms with van der Waals surface area (Å²) in [5.74, 6) is 0.768. The lowest BCUT2D eigenvalue weighted by Gasteiger charge is -2.13. The number of anilines is 1. The molecule has 1 aliphatic carbocycles. The standard InChI is InChI=1S/C21H24N2O/c1-14-10-8-9-13-17(14)22-15(2)23-20(24)19-18(21(19,3)4)16-11-6-5-7-12-16/h5-13,18-19,22H,2H2,1,3-4H3,(H,23,24). The number of nitrogens with one attached hydrogen (secondary N) is 2. The predicted molar refractivity (Wildman–Crippen MR) is 98.5 cm³/mol. The Morgan fingerprint density at radius 2 is 1.67 bits per heavy atom. The van der Waals surface area contributed by atoms with Gasteiger partial charge in [0.05, 0.1) is 5.92 Å². The highest BCUT2D eigenvalue weighted by molar-refractivity contribution is 5.86. The molecule has 0 bridgehead atoms. The van der Waals surface area contributed by atoms with E-state index < -0.39 is 0 Å². The third-order valence-corrected chi connectivity index (χ3v) is 4.97. The van der Waals surface area contributed by atoms with Gasteiger partial charge in [-0.25, -0.2) is 0 Å². The Labute approximate surface area is 143 Å². The first kappa shape index (κ1) is 16.3. The molecule has 124 valence electrons. The summed E-state index contributed by atoms with van der Waals surface area (Å²) < 4.78 is 0. The molecule has 1 amide bonds. The van der Waals surface area contributed by atoms with E-state index in [1.807, 2.05) is 49.4 Å². The smallest absolute Gasteiger partial charge is 0.229 e. The Balaban J connectivity index is 1.65. The number of benzene rings is 2. The highest BCUT2D eigenvalue weighted by atomic mass is 16.2. The maximum Gasteiger partial charge on any atom is 0.229 e.